The molecule has 3 aromatic rings. The highest BCUT2D eigenvalue weighted by Gasteiger charge is 2.55. The van der Waals surface area contributed by atoms with Crippen molar-refractivity contribution < 1.29 is 86.7 Å². The summed E-state index contributed by atoms with van der Waals surface area (Å²) in [7, 11) is 2.87. The molecule has 8 atom stereocenters. The monoisotopic (exact) mass is 1140 g/mol. The van der Waals surface area contributed by atoms with Crippen LogP contribution in [-0.4, -0.2) is 206 Å². The summed E-state index contributed by atoms with van der Waals surface area (Å²) in [5.74, 6) is -2.34. The number of aliphatic hydroxyl groups is 1. The number of Topliss-reactive ketones (excluding diaryl/α,β-unsaturated/α-hetero) is 2. The third kappa shape index (κ3) is 14.0. The summed E-state index contributed by atoms with van der Waals surface area (Å²) in [5.41, 5.74) is -1.63. The topological polar surface area (TPSA) is 284 Å². The van der Waals surface area contributed by atoms with Gasteiger partial charge < -0.3 is 68.0 Å². The van der Waals surface area contributed by atoms with Gasteiger partial charge in [0.15, 0.2) is 30.4 Å². The summed E-state index contributed by atoms with van der Waals surface area (Å²) >= 11 is 3.45. The number of amides is 1. The second-order valence-corrected chi connectivity index (χ2v) is 21.7. The lowest BCUT2D eigenvalue weighted by Gasteiger charge is -2.43. The van der Waals surface area contributed by atoms with Crippen LogP contribution in [0.25, 0.3) is 0 Å². The lowest BCUT2D eigenvalue weighted by molar-refractivity contribution is -0.256. The molecule has 0 radical (unpaired) electrons. The maximum atomic E-state index is 14.2. The molecular formula is C54H73N5O18S2. The molecule has 8 rings (SSSR count). The number of rotatable bonds is 31. The summed E-state index contributed by atoms with van der Waals surface area (Å²) in [6.45, 7) is 5.33. The minimum atomic E-state index is -2.36. The van der Waals surface area contributed by atoms with Crippen molar-refractivity contribution in [2.75, 3.05) is 99.3 Å². The predicted octanol–water partition coefficient (Wildman–Crippen LogP) is 3.44. The number of nitrogens with one attached hydrogen (secondary N) is 1. The number of phenolic OH excluding ortho intramolecular Hbond substituents is 2. The van der Waals surface area contributed by atoms with Gasteiger partial charge in [-0.05, 0) is 38.3 Å². The number of carbonyl (C=O) groups excluding carboxylic acids is 5. The number of carbonyl (C=O) groups is 5. The third-order valence-corrected chi connectivity index (χ3v) is 15.9. The zero-order valence-electron chi connectivity index (χ0n) is 45.4. The van der Waals surface area contributed by atoms with E-state index in [1.807, 2.05) is 17.9 Å². The number of thioether (sulfide) groups is 2. The molecule has 0 saturated carbocycles. The van der Waals surface area contributed by atoms with Crippen molar-refractivity contribution in [3.63, 3.8) is 0 Å². The Balaban J connectivity index is 0.765. The molecule has 3 saturated heterocycles. The molecule has 5 aliphatic rings. The summed E-state index contributed by atoms with van der Waals surface area (Å²) in [6.07, 6.45) is 1.00. The van der Waals surface area contributed by atoms with Gasteiger partial charge in [0.25, 0.3) is 5.91 Å². The highest BCUT2D eigenvalue weighted by atomic mass is 32.2. The maximum absolute atomic E-state index is 14.2. The van der Waals surface area contributed by atoms with E-state index in [4.69, 9.17) is 47.4 Å². The summed E-state index contributed by atoms with van der Waals surface area (Å²) in [6, 6.07) is 4.19. The van der Waals surface area contributed by atoms with Crippen molar-refractivity contribution in [3.8, 4) is 17.2 Å². The van der Waals surface area contributed by atoms with Crippen LogP contribution in [0.1, 0.15) is 112 Å². The Morgan fingerprint density at radius 3 is 2.25 bits per heavy atom. The number of ether oxygens (including phenoxy) is 10. The lowest BCUT2D eigenvalue weighted by Crippen LogP contribution is -2.55. The Kier molecular flexibility index (Phi) is 21.7. The normalized spacial score (nSPS) is 24.4. The second-order valence-electron chi connectivity index (χ2n) is 19.9. The quantitative estimate of drug-likeness (QED) is 0.0415. The van der Waals surface area contributed by atoms with Gasteiger partial charge in [0.1, 0.15) is 34.7 Å². The van der Waals surface area contributed by atoms with Crippen LogP contribution in [0, 0.1) is 0 Å². The maximum Gasteiger partial charge on any atom is 0.252 e. The van der Waals surface area contributed by atoms with Gasteiger partial charge in [-0.3, -0.25) is 28.9 Å². The van der Waals surface area contributed by atoms with Crippen LogP contribution < -0.4 is 10.1 Å². The number of aromatic hydroxyl groups is 2. The molecule has 0 bridgehead atoms. The number of aromatic nitrogens is 3. The van der Waals surface area contributed by atoms with Crippen molar-refractivity contribution in [2.24, 2.45) is 0 Å². The zero-order chi connectivity index (χ0) is 56.2. The molecule has 23 nitrogen and oxygen atoms in total. The molecular weight excluding hydrogens is 1070 g/mol. The molecule has 0 unspecified atom stereocenters. The summed E-state index contributed by atoms with van der Waals surface area (Å²) in [4.78, 5) is 69.9. The van der Waals surface area contributed by atoms with Gasteiger partial charge in [-0.1, -0.05) is 17.3 Å². The Morgan fingerprint density at radius 2 is 1.54 bits per heavy atom. The largest absolute Gasteiger partial charge is 0.507 e. The van der Waals surface area contributed by atoms with Crippen LogP contribution in [0.5, 0.6) is 17.2 Å². The van der Waals surface area contributed by atoms with Crippen LogP contribution in [0.15, 0.2) is 18.2 Å². The fourth-order valence-corrected chi connectivity index (χ4v) is 12.0. The average molecular weight is 1140 g/mol. The van der Waals surface area contributed by atoms with Crippen LogP contribution in [-0.2, 0) is 81.5 Å². The average Bonchev–Trinajstić information content (AvgIpc) is 4.01. The van der Waals surface area contributed by atoms with E-state index in [0.717, 1.165) is 29.3 Å². The molecule has 2 aromatic carbocycles. The van der Waals surface area contributed by atoms with E-state index in [9.17, 15) is 39.3 Å². The number of morpholine rings is 1. The molecule has 2 aliphatic carbocycles. The Hall–Kier alpha value is -4.61. The Bertz CT molecular complexity index is 2640. The van der Waals surface area contributed by atoms with Crippen molar-refractivity contribution in [3.05, 3.63) is 63.0 Å². The molecule has 1 aromatic heterocycles. The lowest BCUT2D eigenvalue weighted by atomic mass is 9.72. The highest BCUT2D eigenvalue weighted by molar-refractivity contribution is 7.98. The molecule has 434 valence electrons. The van der Waals surface area contributed by atoms with Gasteiger partial charge in [0.2, 0.25) is 5.78 Å². The minimum absolute atomic E-state index is 0.0382. The first-order valence-electron chi connectivity index (χ1n) is 26.7. The number of hydrogen-bond acceptors (Lipinski definition) is 23. The van der Waals surface area contributed by atoms with Gasteiger partial charge in [0.05, 0.1) is 107 Å². The number of nitrogens with zero attached hydrogens (tertiary/aromatic N) is 4. The molecule has 4 N–H and O–H groups in total. The minimum Gasteiger partial charge on any atom is -0.507 e. The van der Waals surface area contributed by atoms with Crippen LogP contribution in [0.2, 0.25) is 0 Å². The number of aryl methyl sites for hydroxylation is 1. The van der Waals surface area contributed by atoms with E-state index in [1.54, 1.807) is 23.5 Å². The van der Waals surface area contributed by atoms with Gasteiger partial charge in [-0.15, -0.1) is 5.10 Å². The van der Waals surface area contributed by atoms with Crippen molar-refractivity contribution in [1.29, 1.82) is 0 Å². The van der Waals surface area contributed by atoms with Crippen LogP contribution >= 0.6 is 23.5 Å². The van der Waals surface area contributed by atoms with E-state index < -0.39 is 102 Å². The number of benzene rings is 2. The van der Waals surface area contributed by atoms with E-state index in [-0.39, 0.29) is 78.6 Å². The number of ketones is 4. The SMILES string of the molecule is COc1cccc2c1C(=O)c1c(O)c3c(c(O)c1C2=O)C[C@@](O)(C(=O)NCC(=O)CCOCCOCCOCCOCCCC(=O)CCCn1nnc(CSC)c1CSC)C[C@@H]3O[C@H]1C[C@H]2[C@H](O[C@@H]3[C@@H](OC)OCCN32)[C@H](C)O1. The van der Waals surface area contributed by atoms with E-state index >= 15 is 0 Å². The van der Waals surface area contributed by atoms with Crippen LogP contribution in [0.4, 0.5) is 0 Å². The smallest absolute Gasteiger partial charge is 0.252 e. The number of hydrogen-bond donors (Lipinski definition) is 4. The van der Waals surface area contributed by atoms with E-state index in [0.29, 0.717) is 72.0 Å². The summed E-state index contributed by atoms with van der Waals surface area (Å²) < 4.78 is 60.2. The molecule has 25 heteroatoms. The molecule has 4 heterocycles. The summed E-state index contributed by atoms with van der Waals surface area (Å²) in [5, 5.41) is 47.5. The molecule has 79 heavy (non-hydrogen) atoms. The van der Waals surface area contributed by atoms with Crippen LogP contribution in [0.3, 0.4) is 0 Å². The molecule has 0 spiro atoms. The van der Waals surface area contributed by atoms with E-state index in [1.165, 1.54) is 32.4 Å². The Morgan fingerprint density at radius 1 is 0.848 bits per heavy atom. The van der Waals surface area contributed by atoms with Gasteiger partial charge >= 0.3 is 0 Å². The highest BCUT2D eigenvalue weighted by Crippen LogP contribution is 2.53. The van der Waals surface area contributed by atoms with Crippen molar-refractivity contribution in [2.45, 2.75) is 125 Å². The molecule has 3 fully saturated rings. The standard InChI is InChI=1S/C54H73N5O18S2/c1-31-50-37(58-15-18-74-52(69-3)51(58)77-50)25-41(75-31)76-40-27-54(67,26-35-43(40)49(65)45-44(47(35)63)46(62)34-11-6-12-39(68-2)42(34)48(45)64)53(66)55-28-33(61)13-17-71-20-22-73-24-23-72-21-19-70-16-8-10-32(60)9-7-14-59-38(30-79-5)36(29-78-4)56-57-59/h6,11-12,31,37,40-41,50-52,63,65,67H,7-10,13-30H2,1-5H3,(H,55,66)/t31-,37-,40-,41-,50+,51+,52-,54-/m0/s1. The molecule has 1 amide bonds. The number of fused-ring (bicyclic) bond motifs is 6. The zero-order valence-corrected chi connectivity index (χ0v) is 47.0. The first kappa shape index (κ1) is 60.5. The van der Waals surface area contributed by atoms with Gasteiger partial charge in [-0.25, -0.2) is 4.68 Å². The van der Waals surface area contributed by atoms with Gasteiger partial charge in [-0.2, -0.15) is 23.5 Å². The number of methoxy groups -OCH3 is 2. The van der Waals surface area contributed by atoms with E-state index in [2.05, 4.69) is 26.8 Å². The second kappa shape index (κ2) is 28.4. The third-order valence-electron chi connectivity index (χ3n) is 14.7. The Labute approximate surface area is 467 Å². The van der Waals surface area contributed by atoms with Gasteiger partial charge in [0, 0.05) is 99.6 Å². The van der Waals surface area contributed by atoms with Crippen molar-refractivity contribution >= 4 is 52.6 Å². The predicted molar refractivity (Wildman–Crippen MR) is 285 cm³/mol. The van der Waals surface area contributed by atoms with Crippen molar-refractivity contribution in [1.82, 2.24) is 25.2 Å². The number of phenols is 2. The molecule has 3 aliphatic heterocycles. The fourth-order valence-electron chi connectivity index (χ4n) is 10.9. The first-order valence-corrected chi connectivity index (χ1v) is 29.5. The first-order chi connectivity index (χ1) is 38.2. The fraction of sp³-hybridized carbons (Fsp3) is 0.648.